The van der Waals surface area contributed by atoms with Crippen molar-refractivity contribution in [2.24, 2.45) is 0 Å². The van der Waals surface area contributed by atoms with E-state index in [0.29, 0.717) is 17.3 Å². The molecule has 6 heteroatoms. The van der Waals surface area contributed by atoms with Gasteiger partial charge in [0.05, 0.1) is 5.75 Å². The zero-order valence-electron chi connectivity index (χ0n) is 7.68. The summed E-state index contributed by atoms with van der Waals surface area (Å²) in [6.45, 7) is 0. The van der Waals surface area contributed by atoms with E-state index in [9.17, 15) is 4.39 Å². The van der Waals surface area contributed by atoms with Crippen LogP contribution in [0.5, 0.6) is 0 Å². The average molecular weight is 225 g/mol. The molecule has 0 aliphatic rings. The van der Waals surface area contributed by atoms with E-state index in [1.54, 1.807) is 6.07 Å². The molecule has 1 heterocycles. The van der Waals surface area contributed by atoms with Crippen molar-refractivity contribution in [1.82, 2.24) is 10.1 Å². The normalized spacial score (nSPS) is 10.5. The Labute approximate surface area is 89.7 Å². The Kier molecular flexibility index (Phi) is 2.86. The van der Waals surface area contributed by atoms with Crippen molar-refractivity contribution in [3.05, 3.63) is 36.2 Å². The number of rotatable bonds is 3. The van der Waals surface area contributed by atoms with E-state index in [1.807, 2.05) is 0 Å². The van der Waals surface area contributed by atoms with Crippen LogP contribution in [0.1, 0.15) is 5.82 Å². The summed E-state index contributed by atoms with van der Waals surface area (Å²) in [7, 11) is 0. The third-order valence-corrected chi connectivity index (χ3v) is 2.64. The Bertz CT molecular complexity index is 426. The molecular weight excluding hydrogens is 217 g/mol. The lowest BCUT2D eigenvalue weighted by atomic mass is 10.3. The van der Waals surface area contributed by atoms with Gasteiger partial charge in [-0.2, -0.15) is 4.98 Å². The standard InChI is InChI=1S/C9H8FN3OS/c10-6-1-7(11)3-8(2-6)15-4-9-12-5-14-13-9/h1-3,5H,4,11H2. The number of hydrogen-bond donors (Lipinski definition) is 1. The van der Waals surface area contributed by atoms with Gasteiger partial charge in [0.25, 0.3) is 0 Å². The summed E-state index contributed by atoms with van der Waals surface area (Å²) in [6.07, 6.45) is 1.26. The lowest BCUT2D eigenvalue weighted by Gasteiger charge is -2.00. The molecule has 0 amide bonds. The van der Waals surface area contributed by atoms with E-state index in [1.165, 1.54) is 30.3 Å². The smallest absolute Gasteiger partial charge is 0.213 e. The van der Waals surface area contributed by atoms with Crippen molar-refractivity contribution < 1.29 is 8.91 Å². The summed E-state index contributed by atoms with van der Waals surface area (Å²) < 4.78 is 17.5. The fourth-order valence-electron chi connectivity index (χ4n) is 1.07. The van der Waals surface area contributed by atoms with E-state index in [0.717, 1.165) is 4.90 Å². The Morgan fingerprint density at radius 3 is 2.93 bits per heavy atom. The van der Waals surface area contributed by atoms with Gasteiger partial charge in [-0.1, -0.05) is 5.16 Å². The van der Waals surface area contributed by atoms with Gasteiger partial charge in [-0.25, -0.2) is 4.39 Å². The summed E-state index contributed by atoms with van der Waals surface area (Å²) in [4.78, 5) is 4.60. The zero-order valence-corrected chi connectivity index (χ0v) is 8.50. The van der Waals surface area contributed by atoms with Gasteiger partial charge in [0.15, 0.2) is 5.82 Å². The minimum Gasteiger partial charge on any atom is -0.399 e. The zero-order chi connectivity index (χ0) is 10.7. The van der Waals surface area contributed by atoms with Gasteiger partial charge in [0, 0.05) is 10.6 Å². The molecule has 15 heavy (non-hydrogen) atoms. The van der Waals surface area contributed by atoms with Gasteiger partial charge < -0.3 is 10.3 Å². The Balaban J connectivity index is 2.05. The van der Waals surface area contributed by atoms with E-state index in [2.05, 4.69) is 14.7 Å². The number of nitrogens with zero attached hydrogens (tertiary/aromatic N) is 2. The van der Waals surface area contributed by atoms with E-state index < -0.39 is 0 Å². The van der Waals surface area contributed by atoms with E-state index >= 15 is 0 Å². The number of hydrogen-bond acceptors (Lipinski definition) is 5. The number of aromatic nitrogens is 2. The van der Waals surface area contributed by atoms with Crippen molar-refractivity contribution in [1.29, 1.82) is 0 Å². The first-order valence-electron chi connectivity index (χ1n) is 4.18. The van der Waals surface area contributed by atoms with Crippen LogP contribution in [0.15, 0.2) is 34.0 Å². The maximum Gasteiger partial charge on any atom is 0.213 e. The lowest BCUT2D eigenvalue weighted by molar-refractivity contribution is 0.412. The van der Waals surface area contributed by atoms with Gasteiger partial charge in [0.1, 0.15) is 5.82 Å². The predicted octanol–water partition coefficient (Wildman–Crippen LogP) is 2.08. The van der Waals surface area contributed by atoms with Crippen molar-refractivity contribution in [2.75, 3.05) is 5.73 Å². The van der Waals surface area contributed by atoms with Gasteiger partial charge >= 0.3 is 0 Å². The minimum absolute atomic E-state index is 0.342. The van der Waals surface area contributed by atoms with Crippen LogP contribution in [0.25, 0.3) is 0 Å². The fourth-order valence-corrected chi connectivity index (χ4v) is 1.91. The number of nitrogen functional groups attached to an aromatic ring is 1. The molecule has 1 aromatic heterocycles. The molecule has 0 unspecified atom stereocenters. The van der Waals surface area contributed by atoms with Crippen molar-refractivity contribution in [3.8, 4) is 0 Å². The first kappa shape index (κ1) is 9.97. The molecular formula is C9H8FN3OS. The summed E-state index contributed by atoms with van der Waals surface area (Å²) in [6, 6.07) is 4.40. The number of benzene rings is 1. The van der Waals surface area contributed by atoms with Gasteiger partial charge in [-0.3, -0.25) is 0 Å². The Morgan fingerprint density at radius 2 is 2.27 bits per heavy atom. The van der Waals surface area contributed by atoms with Crippen LogP contribution in [0.4, 0.5) is 10.1 Å². The van der Waals surface area contributed by atoms with Crippen molar-refractivity contribution in [2.45, 2.75) is 10.6 Å². The molecule has 2 N–H and O–H groups in total. The molecule has 0 aliphatic heterocycles. The molecule has 1 aromatic carbocycles. The van der Waals surface area contributed by atoms with Crippen molar-refractivity contribution >= 4 is 17.4 Å². The molecule has 0 saturated carbocycles. The highest BCUT2D eigenvalue weighted by atomic mass is 32.2. The summed E-state index contributed by atoms with van der Waals surface area (Å²) in [5.74, 6) is 0.757. The SMILES string of the molecule is Nc1cc(F)cc(SCc2ncon2)c1. The molecule has 0 spiro atoms. The molecule has 0 radical (unpaired) electrons. The highest BCUT2D eigenvalue weighted by molar-refractivity contribution is 7.98. The Hall–Kier alpha value is -1.56. The van der Waals surface area contributed by atoms with E-state index in [4.69, 9.17) is 5.73 Å². The van der Waals surface area contributed by atoms with Crippen molar-refractivity contribution in [3.63, 3.8) is 0 Å². The highest BCUT2D eigenvalue weighted by Crippen LogP contribution is 2.24. The highest BCUT2D eigenvalue weighted by Gasteiger charge is 2.02. The minimum atomic E-state index is -0.342. The van der Waals surface area contributed by atoms with Crippen LogP contribution >= 0.6 is 11.8 Å². The van der Waals surface area contributed by atoms with Crippen LogP contribution in [0.3, 0.4) is 0 Å². The summed E-state index contributed by atoms with van der Waals surface area (Å²) in [5, 5.41) is 3.64. The third-order valence-electron chi connectivity index (χ3n) is 1.67. The average Bonchev–Trinajstić information content (AvgIpc) is 2.65. The van der Waals surface area contributed by atoms with Gasteiger partial charge in [0.2, 0.25) is 6.39 Å². The predicted molar refractivity (Wildman–Crippen MR) is 54.7 cm³/mol. The van der Waals surface area contributed by atoms with Crippen LogP contribution in [-0.4, -0.2) is 10.1 Å². The first-order chi connectivity index (χ1) is 7.24. The lowest BCUT2D eigenvalue weighted by Crippen LogP contribution is -1.88. The molecule has 2 aromatic rings. The molecule has 4 nitrogen and oxygen atoms in total. The fraction of sp³-hybridized carbons (Fsp3) is 0.111. The molecule has 0 atom stereocenters. The second-order valence-electron chi connectivity index (χ2n) is 2.86. The van der Waals surface area contributed by atoms with Crippen LogP contribution in [-0.2, 0) is 5.75 Å². The number of anilines is 1. The molecule has 78 valence electrons. The second kappa shape index (κ2) is 4.31. The number of halogens is 1. The molecule has 0 aliphatic carbocycles. The molecule has 0 bridgehead atoms. The third kappa shape index (κ3) is 2.69. The second-order valence-corrected chi connectivity index (χ2v) is 3.91. The molecule has 0 saturated heterocycles. The summed E-state index contributed by atoms with van der Waals surface area (Å²) >= 11 is 1.40. The van der Waals surface area contributed by atoms with Gasteiger partial charge in [-0.05, 0) is 18.2 Å². The maximum atomic E-state index is 13.0. The molecule has 2 rings (SSSR count). The monoisotopic (exact) mass is 225 g/mol. The molecule has 0 fully saturated rings. The van der Waals surface area contributed by atoms with E-state index in [-0.39, 0.29) is 5.82 Å². The van der Waals surface area contributed by atoms with Crippen LogP contribution in [0.2, 0.25) is 0 Å². The van der Waals surface area contributed by atoms with Gasteiger partial charge in [-0.15, -0.1) is 11.8 Å². The Morgan fingerprint density at radius 1 is 1.40 bits per heavy atom. The van der Waals surface area contributed by atoms with Crippen LogP contribution in [0, 0.1) is 5.82 Å². The quantitative estimate of drug-likeness (QED) is 0.640. The van der Waals surface area contributed by atoms with Crippen LogP contribution < -0.4 is 5.73 Å². The maximum absolute atomic E-state index is 13.0. The largest absolute Gasteiger partial charge is 0.399 e. The number of thioether (sulfide) groups is 1. The summed E-state index contributed by atoms with van der Waals surface area (Å²) in [5.41, 5.74) is 5.91. The number of nitrogens with two attached hydrogens (primary N) is 1. The first-order valence-corrected chi connectivity index (χ1v) is 5.17. The topological polar surface area (TPSA) is 64.9 Å².